The summed E-state index contributed by atoms with van der Waals surface area (Å²) in [6.45, 7) is 0. The Morgan fingerprint density at radius 3 is 2.25 bits per heavy atom. The fourth-order valence-corrected chi connectivity index (χ4v) is 1.68. The fourth-order valence-electron chi connectivity index (χ4n) is 0.560. The number of aliphatic hydroxyl groups excluding tert-OH is 1. The molecule has 0 aromatic carbocycles. The number of rotatable bonds is 0. The maximum atomic E-state index is 8.85. The lowest BCUT2D eigenvalue weighted by atomic mass is 10.2. The molecule has 0 saturated carbocycles. The lowest BCUT2D eigenvalue weighted by Crippen LogP contribution is -2.32. The molecular weight excluding hydrogens is 190 g/mol. The van der Waals surface area contributed by atoms with Gasteiger partial charge in [0.15, 0.2) is 0 Å². The molecule has 2 nitrogen and oxygen atoms in total. The first-order chi connectivity index (χ1) is 3.30. The Labute approximate surface area is 63.6 Å². The highest BCUT2D eigenvalue weighted by molar-refractivity contribution is 8.93. The normalized spacial score (nSPS) is 36.8. The summed E-state index contributed by atoms with van der Waals surface area (Å²) in [6.07, 6.45) is -0.245. The van der Waals surface area contributed by atoms with E-state index in [1.54, 1.807) is 11.8 Å². The topological polar surface area (TPSA) is 46.2 Å². The van der Waals surface area contributed by atoms with Gasteiger partial charge in [-0.25, -0.2) is 0 Å². The van der Waals surface area contributed by atoms with E-state index >= 15 is 0 Å². The molecule has 1 rings (SSSR count). The molecule has 0 aromatic heterocycles. The minimum Gasteiger partial charge on any atom is -0.391 e. The third-order valence-electron chi connectivity index (χ3n) is 1.09. The zero-order valence-corrected chi connectivity index (χ0v) is 6.94. The van der Waals surface area contributed by atoms with Crippen molar-refractivity contribution in [1.29, 1.82) is 0 Å². The quantitative estimate of drug-likeness (QED) is 0.578. The second-order valence-corrected chi connectivity index (χ2v) is 2.84. The van der Waals surface area contributed by atoms with Crippen LogP contribution in [0.3, 0.4) is 0 Å². The highest BCUT2D eigenvalue weighted by Crippen LogP contribution is 2.15. The minimum atomic E-state index is -0.245. The first-order valence-electron chi connectivity index (χ1n) is 2.32. The van der Waals surface area contributed by atoms with E-state index in [9.17, 15) is 0 Å². The second-order valence-electron chi connectivity index (χ2n) is 1.77. The molecule has 8 heavy (non-hydrogen) atoms. The Morgan fingerprint density at radius 2 is 2.12 bits per heavy atom. The van der Waals surface area contributed by atoms with Gasteiger partial charge in [0.25, 0.3) is 0 Å². The number of nitrogens with two attached hydrogens (primary N) is 1. The summed E-state index contributed by atoms with van der Waals surface area (Å²) in [5.41, 5.74) is 5.41. The summed E-state index contributed by atoms with van der Waals surface area (Å²) in [5, 5.41) is 8.85. The van der Waals surface area contributed by atoms with Gasteiger partial charge in [-0.05, 0) is 0 Å². The maximum Gasteiger partial charge on any atom is 0.0789 e. The molecule has 1 aliphatic rings. The Kier molecular flexibility index (Phi) is 4.06. The van der Waals surface area contributed by atoms with E-state index in [4.69, 9.17) is 10.8 Å². The summed E-state index contributed by atoms with van der Waals surface area (Å²) in [7, 11) is 0. The van der Waals surface area contributed by atoms with Crippen LogP contribution in [0.15, 0.2) is 0 Å². The molecule has 2 atom stereocenters. The molecule has 4 heteroatoms. The van der Waals surface area contributed by atoms with E-state index in [2.05, 4.69) is 0 Å². The Balaban J connectivity index is 0.000000490. The Bertz CT molecular complexity index is 65.1. The van der Waals surface area contributed by atoms with E-state index in [1.807, 2.05) is 0 Å². The lowest BCUT2D eigenvalue weighted by molar-refractivity contribution is 0.183. The molecule has 0 aliphatic carbocycles. The summed E-state index contributed by atoms with van der Waals surface area (Å²) in [6, 6.07) is 0.0324. The summed E-state index contributed by atoms with van der Waals surface area (Å²) < 4.78 is 0. The van der Waals surface area contributed by atoms with Crippen molar-refractivity contribution in [3.8, 4) is 0 Å². The predicted molar refractivity (Wildman–Crippen MR) is 41.6 cm³/mol. The van der Waals surface area contributed by atoms with Crippen LogP contribution < -0.4 is 5.73 Å². The minimum absolute atomic E-state index is 0. The fraction of sp³-hybridized carbons (Fsp3) is 1.00. The van der Waals surface area contributed by atoms with Gasteiger partial charge in [-0.1, -0.05) is 0 Å². The SMILES string of the molecule is Br.N[C@@H]1CSC[C@@H]1O. The average molecular weight is 200 g/mol. The van der Waals surface area contributed by atoms with Gasteiger partial charge in [0.05, 0.1) is 6.10 Å². The molecule has 0 spiro atoms. The van der Waals surface area contributed by atoms with Crippen molar-refractivity contribution >= 4 is 28.7 Å². The smallest absolute Gasteiger partial charge is 0.0789 e. The van der Waals surface area contributed by atoms with Crippen LogP contribution in [0.25, 0.3) is 0 Å². The molecule has 0 amide bonds. The summed E-state index contributed by atoms with van der Waals surface area (Å²) in [4.78, 5) is 0. The predicted octanol–water partition coefficient (Wildman–Crippen LogP) is -0.000700. The van der Waals surface area contributed by atoms with E-state index in [1.165, 1.54) is 0 Å². The van der Waals surface area contributed by atoms with Gasteiger partial charge in [-0.15, -0.1) is 17.0 Å². The molecule has 1 saturated heterocycles. The highest BCUT2D eigenvalue weighted by atomic mass is 79.9. The lowest BCUT2D eigenvalue weighted by Gasteiger charge is -2.03. The van der Waals surface area contributed by atoms with Gasteiger partial charge in [0, 0.05) is 17.5 Å². The van der Waals surface area contributed by atoms with Crippen LogP contribution in [0.2, 0.25) is 0 Å². The molecule has 0 unspecified atom stereocenters. The first kappa shape index (κ1) is 8.75. The van der Waals surface area contributed by atoms with Crippen molar-refractivity contribution in [3.63, 3.8) is 0 Å². The molecule has 0 aromatic rings. The molecule has 50 valence electrons. The van der Waals surface area contributed by atoms with Crippen LogP contribution in [0.5, 0.6) is 0 Å². The summed E-state index contributed by atoms with van der Waals surface area (Å²) >= 11 is 1.72. The van der Waals surface area contributed by atoms with Crippen molar-refractivity contribution in [2.24, 2.45) is 5.73 Å². The van der Waals surface area contributed by atoms with Crippen molar-refractivity contribution in [2.45, 2.75) is 12.1 Å². The molecule has 3 N–H and O–H groups in total. The van der Waals surface area contributed by atoms with Crippen LogP contribution in [0.1, 0.15) is 0 Å². The summed E-state index contributed by atoms with van der Waals surface area (Å²) in [5.74, 6) is 1.74. The Morgan fingerprint density at radius 1 is 1.50 bits per heavy atom. The monoisotopic (exact) mass is 199 g/mol. The van der Waals surface area contributed by atoms with E-state index in [0.717, 1.165) is 11.5 Å². The zero-order chi connectivity index (χ0) is 5.28. The van der Waals surface area contributed by atoms with Gasteiger partial charge in [0.1, 0.15) is 0 Å². The van der Waals surface area contributed by atoms with E-state index in [0.29, 0.717) is 0 Å². The molecule has 1 aliphatic heterocycles. The number of thioether (sulfide) groups is 1. The van der Waals surface area contributed by atoms with Gasteiger partial charge < -0.3 is 10.8 Å². The van der Waals surface area contributed by atoms with Gasteiger partial charge in [0.2, 0.25) is 0 Å². The Hall–Kier alpha value is 0.750. The van der Waals surface area contributed by atoms with Gasteiger partial charge in [-0.2, -0.15) is 11.8 Å². The van der Waals surface area contributed by atoms with Crippen molar-refractivity contribution < 1.29 is 5.11 Å². The molecular formula is C4H10BrNOS. The largest absolute Gasteiger partial charge is 0.391 e. The van der Waals surface area contributed by atoms with Crippen LogP contribution in [-0.2, 0) is 0 Å². The van der Waals surface area contributed by atoms with E-state index < -0.39 is 0 Å². The third kappa shape index (κ3) is 1.93. The second kappa shape index (κ2) is 3.71. The van der Waals surface area contributed by atoms with Crippen molar-refractivity contribution in [3.05, 3.63) is 0 Å². The van der Waals surface area contributed by atoms with Crippen molar-refractivity contribution in [1.82, 2.24) is 0 Å². The third-order valence-corrected chi connectivity index (χ3v) is 2.29. The molecule has 0 radical (unpaired) electrons. The number of aliphatic hydroxyl groups is 1. The van der Waals surface area contributed by atoms with Gasteiger partial charge >= 0.3 is 0 Å². The van der Waals surface area contributed by atoms with E-state index in [-0.39, 0.29) is 29.1 Å². The first-order valence-corrected chi connectivity index (χ1v) is 3.47. The van der Waals surface area contributed by atoms with Crippen LogP contribution in [-0.4, -0.2) is 28.8 Å². The zero-order valence-electron chi connectivity index (χ0n) is 4.41. The molecule has 0 bridgehead atoms. The number of hydrogen-bond acceptors (Lipinski definition) is 3. The maximum absolute atomic E-state index is 8.85. The van der Waals surface area contributed by atoms with Crippen molar-refractivity contribution in [2.75, 3.05) is 11.5 Å². The number of hydrogen-bond donors (Lipinski definition) is 2. The van der Waals surface area contributed by atoms with Gasteiger partial charge in [-0.3, -0.25) is 0 Å². The highest BCUT2D eigenvalue weighted by Gasteiger charge is 2.20. The van der Waals surface area contributed by atoms with Crippen LogP contribution in [0.4, 0.5) is 0 Å². The molecule has 1 heterocycles. The number of halogens is 1. The standard InChI is InChI=1S/C4H9NOS.BrH/c5-3-1-7-2-4(3)6;/h3-4,6H,1-2,5H2;1H/t3-,4+;/m1./s1. The average Bonchev–Trinajstić information content (AvgIpc) is 1.91. The molecule has 1 fully saturated rings. The van der Waals surface area contributed by atoms with Crippen LogP contribution in [0, 0.1) is 0 Å². The van der Waals surface area contributed by atoms with Crippen LogP contribution >= 0.6 is 28.7 Å².